The van der Waals surface area contributed by atoms with E-state index in [0.29, 0.717) is 36.6 Å². The zero-order valence-electron chi connectivity index (χ0n) is 16.9. The number of carbonyl (C=O) groups is 2. The van der Waals surface area contributed by atoms with E-state index in [2.05, 4.69) is 6.07 Å². The number of rotatable bonds is 9. The maximum Gasteiger partial charge on any atom is 0.338 e. The Kier molecular flexibility index (Phi) is 6.71. The summed E-state index contributed by atoms with van der Waals surface area (Å²) in [6.45, 7) is 2.34. The third-order valence-corrected chi connectivity index (χ3v) is 4.59. The van der Waals surface area contributed by atoms with Gasteiger partial charge in [0, 0.05) is 29.2 Å². The molecule has 0 unspecified atom stereocenters. The number of ether oxygens (including phenoxy) is 3. The van der Waals surface area contributed by atoms with Crippen LogP contribution in [0.1, 0.15) is 34.1 Å². The van der Waals surface area contributed by atoms with Crippen LogP contribution in [0, 0.1) is 11.3 Å². The van der Waals surface area contributed by atoms with Crippen molar-refractivity contribution in [2.45, 2.75) is 19.9 Å². The Hall–Kier alpha value is -3.79. The van der Waals surface area contributed by atoms with Gasteiger partial charge in [-0.2, -0.15) is 5.26 Å². The van der Waals surface area contributed by atoms with Gasteiger partial charge in [0.25, 0.3) is 0 Å². The number of fused-ring (bicyclic) bond motifs is 1. The van der Waals surface area contributed by atoms with Gasteiger partial charge >= 0.3 is 5.97 Å². The van der Waals surface area contributed by atoms with Gasteiger partial charge in [-0.25, -0.2) is 4.79 Å². The van der Waals surface area contributed by atoms with Crippen molar-refractivity contribution in [3.63, 3.8) is 0 Å². The van der Waals surface area contributed by atoms with Crippen LogP contribution in [-0.2, 0) is 11.3 Å². The molecule has 1 heterocycles. The highest BCUT2D eigenvalue weighted by molar-refractivity contribution is 6.09. The molecule has 0 aliphatic carbocycles. The van der Waals surface area contributed by atoms with Crippen LogP contribution >= 0.6 is 0 Å². The highest BCUT2D eigenvalue weighted by Gasteiger charge is 2.18. The van der Waals surface area contributed by atoms with E-state index in [-0.39, 0.29) is 18.0 Å². The predicted octanol–water partition coefficient (Wildman–Crippen LogP) is 4.00. The molecule has 0 saturated carbocycles. The summed E-state index contributed by atoms with van der Waals surface area (Å²) in [5.74, 6) is 0.00460. The second-order valence-corrected chi connectivity index (χ2v) is 6.46. The number of methoxy groups -OCH3 is 1. The van der Waals surface area contributed by atoms with Gasteiger partial charge in [0.05, 0.1) is 31.8 Å². The smallest absolute Gasteiger partial charge is 0.338 e. The minimum absolute atomic E-state index is 0.267. The number of Topliss-reactive ketones (excluding diaryl/α,β-unsaturated/α-hetero) is 1. The summed E-state index contributed by atoms with van der Waals surface area (Å²) < 4.78 is 17.8. The monoisotopic (exact) mass is 406 g/mol. The second kappa shape index (κ2) is 9.61. The molecule has 0 amide bonds. The minimum Gasteiger partial charge on any atom is -0.493 e. The zero-order valence-corrected chi connectivity index (χ0v) is 16.9. The first-order valence-corrected chi connectivity index (χ1v) is 9.55. The van der Waals surface area contributed by atoms with E-state index >= 15 is 0 Å². The number of ketones is 1. The summed E-state index contributed by atoms with van der Waals surface area (Å²) in [4.78, 5) is 25.2. The molecule has 0 aliphatic heterocycles. The average molecular weight is 406 g/mol. The van der Waals surface area contributed by atoms with Gasteiger partial charge in [-0.1, -0.05) is 18.2 Å². The molecule has 0 N–H and O–H groups in total. The number of esters is 1. The normalized spacial score (nSPS) is 10.4. The van der Waals surface area contributed by atoms with Crippen LogP contribution in [-0.4, -0.2) is 36.6 Å². The van der Waals surface area contributed by atoms with Gasteiger partial charge in [0.2, 0.25) is 5.78 Å². The highest BCUT2D eigenvalue weighted by atomic mass is 16.5. The lowest BCUT2D eigenvalue weighted by Crippen LogP contribution is -2.14. The van der Waals surface area contributed by atoms with Crippen molar-refractivity contribution in [1.29, 1.82) is 5.26 Å². The van der Waals surface area contributed by atoms with Gasteiger partial charge in [-0.05, 0) is 31.2 Å². The number of nitrogens with zero attached hydrogens (tertiary/aromatic N) is 2. The molecule has 0 spiro atoms. The molecule has 2 aromatic carbocycles. The van der Waals surface area contributed by atoms with Crippen molar-refractivity contribution < 1.29 is 23.8 Å². The van der Waals surface area contributed by atoms with Crippen molar-refractivity contribution in [1.82, 2.24) is 4.57 Å². The van der Waals surface area contributed by atoms with Crippen molar-refractivity contribution in [2.75, 3.05) is 20.3 Å². The fourth-order valence-corrected chi connectivity index (χ4v) is 3.19. The van der Waals surface area contributed by atoms with E-state index in [9.17, 15) is 9.59 Å². The van der Waals surface area contributed by atoms with Gasteiger partial charge in [0.15, 0.2) is 18.1 Å². The number of aromatic nitrogens is 1. The molecule has 0 radical (unpaired) electrons. The van der Waals surface area contributed by atoms with Gasteiger partial charge in [0.1, 0.15) is 0 Å². The van der Waals surface area contributed by atoms with E-state index in [1.54, 1.807) is 18.3 Å². The van der Waals surface area contributed by atoms with Crippen molar-refractivity contribution in [2.24, 2.45) is 0 Å². The zero-order chi connectivity index (χ0) is 21.5. The molecule has 0 saturated heterocycles. The third kappa shape index (κ3) is 4.44. The lowest BCUT2D eigenvalue weighted by molar-refractivity contribution is 0.0474. The minimum atomic E-state index is -0.625. The van der Waals surface area contributed by atoms with E-state index in [1.807, 2.05) is 35.8 Å². The maximum absolute atomic E-state index is 12.8. The first-order valence-electron chi connectivity index (χ1n) is 9.55. The summed E-state index contributed by atoms with van der Waals surface area (Å²) >= 11 is 0. The summed E-state index contributed by atoms with van der Waals surface area (Å²) in [5.41, 5.74) is 1.59. The number of hydrogen-bond donors (Lipinski definition) is 0. The lowest BCUT2D eigenvalue weighted by atomic mass is 10.1. The van der Waals surface area contributed by atoms with Crippen LogP contribution in [0.3, 0.4) is 0 Å². The molecule has 0 aliphatic rings. The van der Waals surface area contributed by atoms with E-state index in [1.165, 1.54) is 13.2 Å². The number of nitriles is 1. The molecule has 0 bridgehead atoms. The number of carbonyl (C=O) groups excluding carboxylic acids is 2. The maximum atomic E-state index is 12.8. The molecule has 0 fully saturated rings. The van der Waals surface area contributed by atoms with Crippen molar-refractivity contribution in [3.8, 4) is 17.6 Å². The van der Waals surface area contributed by atoms with Crippen LogP contribution in [0.2, 0.25) is 0 Å². The summed E-state index contributed by atoms with van der Waals surface area (Å²) in [7, 11) is 1.52. The fraction of sp³-hybridized carbons (Fsp3) is 0.261. The highest BCUT2D eigenvalue weighted by Crippen LogP contribution is 2.28. The molecule has 3 aromatic rings. The van der Waals surface area contributed by atoms with E-state index in [4.69, 9.17) is 19.5 Å². The quantitative estimate of drug-likeness (QED) is 0.394. The number of para-hydroxylation sites is 1. The summed E-state index contributed by atoms with van der Waals surface area (Å²) in [5, 5.41) is 9.61. The molecule has 30 heavy (non-hydrogen) atoms. The van der Waals surface area contributed by atoms with Crippen molar-refractivity contribution in [3.05, 3.63) is 59.8 Å². The standard InChI is InChI=1S/C23H22N2O5/c1-3-29-22-13-16(9-10-21(22)28-2)23(27)30-15-20(26)18-14-25(12-6-11-24)19-8-5-4-7-17(18)19/h4-5,7-10,13-14H,3,6,12,15H2,1-2H3. The SMILES string of the molecule is CCOc1cc(C(=O)OCC(=O)c2cn(CCC#N)c3ccccc23)ccc1OC. The van der Waals surface area contributed by atoms with E-state index in [0.717, 1.165) is 10.9 Å². The van der Waals surface area contributed by atoms with Crippen LogP contribution in [0.25, 0.3) is 10.9 Å². The fourth-order valence-electron chi connectivity index (χ4n) is 3.19. The molecule has 7 heteroatoms. The van der Waals surface area contributed by atoms with E-state index < -0.39 is 5.97 Å². The Morgan fingerprint density at radius 3 is 2.67 bits per heavy atom. The molecular weight excluding hydrogens is 384 g/mol. The average Bonchev–Trinajstić information content (AvgIpc) is 3.14. The van der Waals surface area contributed by atoms with Gasteiger partial charge in [-0.15, -0.1) is 0 Å². The Morgan fingerprint density at radius 2 is 1.93 bits per heavy atom. The second-order valence-electron chi connectivity index (χ2n) is 6.46. The van der Waals surface area contributed by atoms with Gasteiger partial charge < -0.3 is 18.8 Å². The molecule has 7 nitrogen and oxygen atoms in total. The Balaban J connectivity index is 1.75. The topological polar surface area (TPSA) is 90.5 Å². The molecule has 1 aromatic heterocycles. The predicted molar refractivity (Wildman–Crippen MR) is 111 cm³/mol. The lowest BCUT2D eigenvalue weighted by Gasteiger charge is -2.10. The molecular formula is C23H22N2O5. The Bertz CT molecular complexity index is 1110. The first kappa shape index (κ1) is 20.9. The Labute approximate surface area is 174 Å². The van der Waals surface area contributed by atoms with Crippen LogP contribution in [0.5, 0.6) is 11.5 Å². The Morgan fingerprint density at radius 1 is 1.13 bits per heavy atom. The summed E-state index contributed by atoms with van der Waals surface area (Å²) in [6, 6.07) is 14.3. The van der Waals surface area contributed by atoms with Crippen LogP contribution < -0.4 is 9.47 Å². The van der Waals surface area contributed by atoms with Crippen LogP contribution in [0.4, 0.5) is 0 Å². The molecule has 3 rings (SSSR count). The molecule has 154 valence electrons. The largest absolute Gasteiger partial charge is 0.493 e. The number of aryl methyl sites for hydroxylation is 1. The first-order chi connectivity index (χ1) is 14.6. The number of benzene rings is 2. The van der Waals surface area contributed by atoms with Gasteiger partial charge in [-0.3, -0.25) is 4.79 Å². The number of hydrogen-bond acceptors (Lipinski definition) is 6. The molecule has 0 atom stereocenters. The summed E-state index contributed by atoms with van der Waals surface area (Å²) in [6.07, 6.45) is 2.04. The van der Waals surface area contributed by atoms with Crippen LogP contribution in [0.15, 0.2) is 48.7 Å². The third-order valence-electron chi connectivity index (χ3n) is 4.59. The van der Waals surface area contributed by atoms with Crippen molar-refractivity contribution >= 4 is 22.7 Å².